The number of hydrogen-bond acceptors (Lipinski definition) is 7. The first-order valence-corrected chi connectivity index (χ1v) is 15.1. The van der Waals surface area contributed by atoms with Crippen molar-refractivity contribution < 1.29 is 33.3 Å². The van der Waals surface area contributed by atoms with Crippen molar-refractivity contribution in [3.63, 3.8) is 0 Å². The Morgan fingerprint density at radius 2 is 1.74 bits per heavy atom. The molecular formula is C34H44N2O7. The van der Waals surface area contributed by atoms with Gasteiger partial charge in [0.2, 0.25) is 11.8 Å². The van der Waals surface area contributed by atoms with Crippen molar-refractivity contribution in [2.45, 2.75) is 76.9 Å². The Hall–Kier alpha value is -3.69. The quantitative estimate of drug-likeness (QED) is 0.347. The first-order chi connectivity index (χ1) is 20.7. The molecule has 2 amide bonds. The number of carbonyl (C=O) groups is 3. The fourth-order valence-corrected chi connectivity index (χ4v) is 5.27. The number of ether oxygens (including phenoxy) is 4. The van der Waals surface area contributed by atoms with Gasteiger partial charge in [0.05, 0.1) is 13.2 Å². The summed E-state index contributed by atoms with van der Waals surface area (Å²) in [4.78, 5) is 39.4. The topological polar surface area (TPSA) is 115 Å². The van der Waals surface area contributed by atoms with E-state index in [4.69, 9.17) is 18.9 Å². The molecule has 4 rings (SSSR count). The zero-order valence-electron chi connectivity index (χ0n) is 25.5. The van der Waals surface area contributed by atoms with Gasteiger partial charge in [0.1, 0.15) is 24.0 Å². The summed E-state index contributed by atoms with van der Waals surface area (Å²) < 4.78 is 23.3. The summed E-state index contributed by atoms with van der Waals surface area (Å²) >= 11 is 0. The first-order valence-electron chi connectivity index (χ1n) is 15.1. The van der Waals surface area contributed by atoms with Crippen LogP contribution in [0.15, 0.2) is 66.7 Å². The van der Waals surface area contributed by atoms with E-state index < -0.39 is 30.1 Å². The molecule has 9 nitrogen and oxygen atoms in total. The summed E-state index contributed by atoms with van der Waals surface area (Å²) in [5.74, 6) is -0.304. The summed E-state index contributed by atoms with van der Waals surface area (Å²) in [5.41, 5.74) is 1.97. The van der Waals surface area contributed by atoms with E-state index >= 15 is 0 Å². The number of rotatable bonds is 8. The second kappa shape index (κ2) is 15.7. The molecule has 2 aromatic rings. The van der Waals surface area contributed by atoms with Crippen LogP contribution < -0.4 is 15.4 Å². The lowest BCUT2D eigenvalue weighted by atomic mass is 9.93. The molecule has 232 valence electrons. The number of carbonyl (C=O) groups excluding carboxylic acids is 3. The number of methoxy groups -OCH3 is 1. The third kappa shape index (κ3) is 9.66. The Balaban J connectivity index is 1.51. The maximum absolute atomic E-state index is 13.4. The molecule has 2 aromatic carbocycles. The lowest BCUT2D eigenvalue weighted by molar-refractivity contribution is -0.166. The SMILES string of the molecule is COc1ccc(CC2NC(=O)/C=C/C[C@@H]([C@H](C)[C@H]3O[C@@H]3c3ccccc3)OC(=O)[C@H](CC(C)C)OCCCNC2=O)cc1. The molecule has 9 heteroatoms. The minimum absolute atomic E-state index is 0.0672. The van der Waals surface area contributed by atoms with Gasteiger partial charge in [-0.05, 0) is 48.1 Å². The van der Waals surface area contributed by atoms with E-state index in [1.807, 2.05) is 75.4 Å². The van der Waals surface area contributed by atoms with Gasteiger partial charge in [-0.2, -0.15) is 0 Å². The van der Waals surface area contributed by atoms with Crippen LogP contribution >= 0.6 is 0 Å². The van der Waals surface area contributed by atoms with Crippen molar-refractivity contribution in [1.29, 1.82) is 0 Å². The van der Waals surface area contributed by atoms with Crippen LogP contribution in [0, 0.1) is 11.8 Å². The van der Waals surface area contributed by atoms with Crippen LogP contribution in [0.25, 0.3) is 0 Å². The second-order valence-electron chi connectivity index (χ2n) is 11.7. The van der Waals surface area contributed by atoms with Gasteiger partial charge in [0, 0.05) is 31.9 Å². The number of nitrogens with one attached hydrogen (secondary N) is 2. The van der Waals surface area contributed by atoms with Gasteiger partial charge >= 0.3 is 5.97 Å². The molecule has 43 heavy (non-hydrogen) atoms. The number of epoxide rings is 1. The summed E-state index contributed by atoms with van der Waals surface area (Å²) in [6.45, 7) is 6.69. The van der Waals surface area contributed by atoms with E-state index in [9.17, 15) is 14.4 Å². The molecular weight excluding hydrogens is 548 g/mol. The highest BCUT2D eigenvalue weighted by molar-refractivity contribution is 5.93. The Kier molecular flexibility index (Phi) is 11.8. The van der Waals surface area contributed by atoms with Crippen molar-refractivity contribution in [2.24, 2.45) is 11.8 Å². The smallest absolute Gasteiger partial charge is 0.335 e. The van der Waals surface area contributed by atoms with E-state index in [2.05, 4.69) is 10.6 Å². The largest absolute Gasteiger partial charge is 0.497 e. The van der Waals surface area contributed by atoms with Crippen LogP contribution in [-0.4, -0.2) is 62.4 Å². The van der Waals surface area contributed by atoms with E-state index in [1.54, 1.807) is 13.2 Å². The predicted octanol–water partition coefficient (Wildman–Crippen LogP) is 4.31. The predicted molar refractivity (Wildman–Crippen MR) is 162 cm³/mol. The maximum atomic E-state index is 13.4. The monoisotopic (exact) mass is 592 g/mol. The van der Waals surface area contributed by atoms with Gasteiger partial charge in [0.15, 0.2) is 6.10 Å². The molecule has 2 heterocycles. The molecule has 6 atom stereocenters. The lowest BCUT2D eigenvalue weighted by Crippen LogP contribution is -2.48. The van der Waals surface area contributed by atoms with E-state index in [0.29, 0.717) is 38.0 Å². The van der Waals surface area contributed by atoms with Crippen LogP contribution in [-0.2, 0) is 35.0 Å². The molecule has 0 bridgehead atoms. The van der Waals surface area contributed by atoms with Crippen LogP contribution in [0.2, 0.25) is 0 Å². The highest BCUT2D eigenvalue weighted by Crippen LogP contribution is 2.45. The maximum Gasteiger partial charge on any atom is 0.335 e. The zero-order chi connectivity index (χ0) is 30.8. The normalized spacial score (nSPS) is 27.0. The van der Waals surface area contributed by atoms with E-state index in [1.165, 1.54) is 6.08 Å². The van der Waals surface area contributed by atoms with Gasteiger partial charge < -0.3 is 29.6 Å². The van der Waals surface area contributed by atoms with Crippen LogP contribution in [0.1, 0.15) is 57.3 Å². The van der Waals surface area contributed by atoms with E-state index in [-0.39, 0.29) is 36.6 Å². The van der Waals surface area contributed by atoms with Crippen LogP contribution in [0.4, 0.5) is 0 Å². The first kappa shape index (κ1) is 32.2. The van der Waals surface area contributed by atoms with Crippen molar-refractivity contribution in [3.05, 3.63) is 77.9 Å². The minimum Gasteiger partial charge on any atom is -0.497 e. The Bertz CT molecular complexity index is 1230. The zero-order valence-corrected chi connectivity index (χ0v) is 25.5. The minimum atomic E-state index is -0.771. The van der Waals surface area contributed by atoms with Gasteiger partial charge in [-0.3, -0.25) is 9.59 Å². The van der Waals surface area contributed by atoms with Gasteiger partial charge in [-0.1, -0.05) is 69.3 Å². The molecule has 2 aliphatic heterocycles. The van der Waals surface area contributed by atoms with Crippen molar-refractivity contribution >= 4 is 17.8 Å². The summed E-state index contributed by atoms with van der Waals surface area (Å²) in [5, 5.41) is 5.73. The van der Waals surface area contributed by atoms with Crippen LogP contribution in [0.3, 0.4) is 0 Å². The van der Waals surface area contributed by atoms with Gasteiger partial charge in [-0.25, -0.2) is 4.79 Å². The highest BCUT2D eigenvalue weighted by Gasteiger charge is 2.47. The molecule has 2 N–H and O–H groups in total. The summed E-state index contributed by atoms with van der Waals surface area (Å²) in [7, 11) is 1.59. The number of cyclic esters (lactones) is 1. The van der Waals surface area contributed by atoms with Crippen molar-refractivity contribution in [1.82, 2.24) is 10.6 Å². The number of benzene rings is 2. The third-order valence-corrected chi connectivity index (χ3v) is 7.78. The van der Waals surface area contributed by atoms with Gasteiger partial charge in [0.25, 0.3) is 0 Å². The van der Waals surface area contributed by atoms with Gasteiger partial charge in [-0.15, -0.1) is 0 Å². The Labute approximate surface area is 254 Å². The number of esters is 1. The van der Waals surface area contributed by atoms with E-state index in [0.717, 1.165) is 11.1 Å². The Morgan fingerprint density at radius 1 is 1.00 bits per heavy atom. The highest BCUT2D eigenvalue weighted by atomic mass is 16.6. The molecule has 1 unspecified atom stereocenters. The molecule has 0 aliphatic carbocycles. The third-order valence-electron chi connectivity index (χ3n) is 7.78. The fourth-order valence-electron chi connectivity index (χ4n) is 5.27. The second-order valence-corrected chi connectivity index (χ2v) is 11.7. The van der Waals surface area contributed by atoms with Crippen molar-refractivity contribution in [3.8, 4) is 5.75 Å². The number of amides is 2. The Morgan fingerprint density at radius 3 is 2.44 bits per heavy atom. The molecule has 1 fully saturated rings. The molecule has 0 aromatic heterocycles. The summed E-state index contributed by atoms with van der Waals surface area (Å²) in [6, 6.07) is 16.6. The molecule has 0 saturated carbocycles. The van der Waals surface area contributed by atoms with Crippen LogP contribution in [0.5, 0.6) is 5.75 Å². The average Bonchev–Trinajstić information content (AvgIpc) is 3.80. The summed E-state index contributed by atoms with van der Waals surface area (Å²) in [6.07, 6.45) is 3.31. The lowest BCUT2D eigenvalue weighted by Gasteiger charge is -2.26. The standard InChI is InChI=1S/C34H44N2O7/c1-22(2)20-29-34(39)42-28(23(3)31-32(43-31)25-10-6-5-7-11-25)12-8-13-30(37)36-27(33(38)35-18-9-19-41-29)21-24-14-16-26(40-4)17-15-24/h5-8,10-11,13-17,22-23,27-29,31-32H,9,12,18-21H2,1-4H3,(H,35,38)(H,36,37)/b13-8+/t23-,27?,28-,29-,31+,32+/m0/s1. The molecule has 1 saturated heterocycles. The average molecular weight is 593 g/mol. The molecule has 2 aliphatic rings. The fraction of sp³-hybridized carbons (Fsp3) is 0.500. The molecule has 0 spiro atoms. The van der Waals surface area contributed by atoms with Crippen molar-refractivity contribution in [2.75, 3.05) is 20.3 Å². The molecule has 0 radical (unpaired) electrons. The number of hydrogen-bond donors (Lipinski definition) is 2.